The van der Waals surface area contributed by atoms with Crippen LogP contribution in [-0.4, -0.2) is 103 Å². The SMILES string of the molecule is CO[C@@]1(CNCCN2CCOCC2)/C=C/C[C@H](C)[C@@H](C)S(=O)(=O)NC(=O)c2ccc3c(c2)N(C[C@@H]2CC[C@H]21)C[C@@]1(CCCc2cc(Cl)ccc21)CO3. The zero-order valence-corrected chi connectivity index (χ0v) is 32.4. The lowest BCUT2D eigenvalue weighted by Gasteiger charge is -2.50. The lowest BCUT2D eigenvalue weighted by Crippen LogP contribution is -2.57. The second-order valence-corrected chi connectivity index (χ2v) is 18.3. The molecule has 52 heavy (non-hydrogen) atoms. The molecule has 2 aromatic rings. The Morgan fingerprint density at radius 3 is 2.71 bits per heavy atom. The van der Waals surface area contributed by atoms with Crippen molar-refractivity contribution in [2.75, 3.05) is 77.6 Å². The fourth-order valence-corrected chi connectivity index (χ4v) is 10.7. The number of anilines is 1. The molecule has 3 heterocycles. The van der Waals surface area contributed by atoms with Gasteiger partial charge in [-0.15, -0.1) is 0 Å². The minimum absolute atomic E-state index is 0.226. The van der Waals surface area contributed by atoms with Crippen LogP contribution in [0.3, 0.4) is 0 Å². The second kappa shape index (κ2) is 15.6. The number of amides is 1. The molecule has 1 amide bonds. The van der Waals surface area contributed by atoms with Crippen molar-refractivity contribution in [3.63, 3.8) is 0 Å². The average Bonchev–Trinajstić information content (AvgIpc) is 3.27. The van der Waals surface area contributed by atoms with Crippen molar-refractivity contribution in [1.82, 2.24) is 14.9 Å². The molecule has 2 bridgehead atoms. The number of ether oxygens (including phenoxy) is 3. The number of hydrogen-bond acceptors (Lipinski definition) is 9. The van der Waals surface area contributed by atoms with Crippen molar-refractivity contribution in [2.24, 2.45) is 17.8 Å². The minimum Gasteiger partial charge on any atom is -0.490 e. The van der Waals surface area contributed by atoms with E-state index in [-0.39, 0.29) is 17.3 Å². The molecule has 0 unspecified atom stereocenters. The standard InChI is InChI=1S/C40H55ClN4O6S/c1-28-6-4-15-40(49-3,25-42-16-17-44-18-20-50-21-19-44)35-11-8-32(35)24-45-26-39(14-5-7-30-22-33(41)10-12-34(30)39)27-51-37-13-9-31(23-36(37)45)38(46)43-52(47,48)29(28)2/h4,9-10,12-13,15,22-23,28-29,32,35,42H,5-8,11,14,16-21,24-27H2,1-3H3,(H,43,46)/b15-4+/t28-,29+,32-,35+,39-,40+/m0/s1. The first kappa shape index (κ1) is 37.6. The highest BCUT2D eigenvalue weighted by atomic mass is 35.5. The van der Waals surface area contributed by atoms with E-state index < -0.39 is 26.8 Å². The Hall–Kier alpha value is -2.67. The molecular weight excluding hydrogens is 700 g/mol. The fraction of sp³-hybridized carbons (Fsp3) is 0.625. The van der Waals surface area contributed by atoms with Crippen LogP contribution in [0, 0.1) is 17.8 Å². The second-order valence-electron chi connectivity index (χ2n) is 15.8. The Morgan fingerprint density at radius 1 is 1.12 bits per heavy atom. The van der Waals surface area contributed by atoms with Crippen LogP contribution in [0.15, 0.2) is 48.6 Å². The lowest BCUT2D eigenvalue weighted by molar-refractivity contribution is -0.0735. The molecule has 2 aromatic carbocycles. The third-order valence-corrected chi connectivity index (χ3v) is 14.9. The molecule has 1 spiro atoms. The number of nitrogens with zero attached hydrogens (tertiary/aromatic N) is 2. The Bertz CT molecular complexity index is 1750. The summed E-state index contributed by atoms with van der Waals surface area (Å²) in [6.45, 7) is 11.5. The number of fused-ring (bicyclic) bond motifs is 4. The first-order chi connectivity index (χ1) is 25.0. The molecule has 6 atom stereocenters. The van der Waals surface area contributed by atoms with E-state index in [0.29, 0.717) is 43.3 Å². The number of carbonyl (C=O) groups excluding carboxylic acids is 1. The van der Waals surface area contributed by atoms with Crippen LogP contribution >= 0.6 is 11.6 Å². The molecule has 2 fully saturated rings. The summed E-state index contributed by atoms with van der Waals surface area (Å²) in [5.74, 6) is 0.421. The first-order valence-corrected chi connectivity index (χ1v) is 21.1. The van der Waals surface area contributed by atoms with Crippen molar-refractivity contribution in [2.45, 2.75) is 68.6 Å². The van der Waals surface area contributed by atoms with Crippen LogP contribution < -0.4 is 19.7 Å². The van der Waals surface area contributed by atoms with Crippen molar-refractivity contribution >= 4 is 33.2 Å². The van der Waals surface area contributed by atoms with E-state index in [9.17, 15) is 13.2 Å². The van der Waals surface area contributed by atoms with Gasteiger partial charge in [-0.05, 0) is 105 Å². The minimum atomic E-state index is -3.95. The van der Waals surface area contributed by atoms with Gasteiger partial charge in [-0.25, -0.2) is 13.1 Å². The number of morpholine rings is 1. The average molecular weight is 755 g/mol. The van der Waals surface area contributed by atoms with Crippen LogP contribution in [-0.2, 0) is 31.3 Å². The smallest absolute Gasteiger partial charge is 0.264 e. The third-order valence-electron chi connectivity index (χ3n) is 12.7. The Morgan fingerprint density at radius 2 is 1.94 bits per heavy atom. The van der Waals surface area contributed by atoms with Gasteiger partial charge in [0.05, 0.1) is 30.8 Å². The van der Waals surface area contributed by atoms with E-state index in [1.54, 1.807) is 13.0 Å². The number of rotatable bonds is 6. The van der Waals surface area contributed by atoms with Crippen molar-refractivity contribution < 1.29 is 27.4 Å². The number of allylic oxidation sites excluding steroid dienone is 1. The first-order valence-electron chi connectivity index (χ1n) is 19.1. The number of carbonyl (C=O) groups is 1. The monoisotopic (exact) mass is 754 g/mol. The summed E-state index contributed by atoms with van der Waals surface area (Å²) in [5.41, 5.74) is 2.83. The van der Waals surface area contributed by atoms with Crippen LogP contribution in [0.1, 0.15) is 67.4 Å². The molecule has 1 saturated carbocycles. The van der Waals surface area contributed by atoms with Gasteiger partial charge in [-0.2, -0.15) is 0 Å². The number of sulfonamides is 1. The van der Waals surface area contributed by atoms with Crippen LogP contribution in [0.5, 0.6) is 5.75 Å². The molecule has 3 aliphatic heterocycles. The molecule has 284 valence electrons. The van der Waals surface area contributed by atoms with E-state index in [1.165, 1.54) is 11.1 Å². The Balaban J connectivity index is 1.25. The summed E-state index contributed by atoms with van der Waals surface area (Å²) in [4.78, 5) is 18.5. The summed E-state index contributed by atoms with van der Waals surface area (Å²) < 4.78 is 48.3. The summed E-state index contributed by atoms with van der Waals surface area (Å²) in [7, 11) is -2.14. The van der Waals surface area contributed by atoms with Crippen molar-refractivity contribution in [1.29, 1.82) is 0 Å². The van der Waals surface area contributed by atoms with Crippen LogP contribution in [0.2, 0.25) is 5.02 Å². The summed E-state index contributed by atoms with van der Waals surface area (Å²) in [6.07, 6.45) is 9.92. The van der Waals surface area contributed by atoms with Crippen LogP contribution in [0.25, 0.3) is 0 Å². The lowest BCUT2D eigenvalue weighted by atomic mass is 9.63. The summed E-state index contributed by atoms with van der Waals surface area (Å²) in [6, 6.07) is 11.6. The molecule has 7 rings (SSSR count). The van der Waals surface area contributed by atoms with Gasteiger partial charge in [0.1, 0.15) is 11.4 Å². The summed E-state index contributed by atoms with van der Waals surface area (Å²) >= 11 is 6.49. The predicted octanol–water partition coefficient (Wildman–Crippen LogP) is 5.19. The molecule has 0 aromatic heterocycles. The maximum atomic E-state index is 13.6. The number of nitrogens with one attached hydrogen (secondary N) is 2. The maximum Gasteiger partial charge on any atom is 0.264 e. The van der Waals surface area contributed by atoms with Crippen molar-refractivity contribution in [3.8, 4) is 5.75 Å². The molecular formula is C40H55ClN4O6S. The van der Waals surface area contributed by atoms with E-state index >= 15 is 0 Å². The molecule has 2 aliphatic carbocycles. The van der Waals surface area contributed by atoms with Crippen molar-refractivity contribution in [3.05, 3.63) is 70.3 Å². The van der Waals surface area contributed by atoms with Gasteiger partial charge in [0.25, 0.3) is 5.91 Å². The topological polar surface area (TPSA) is 109 Å². The molecule has 2 N–H and O–H groups in total. The van der Waals surface area contributed by atoms with Gasteiger partial charge in [0, 0.05) is 68.9 Å². The molecule has 12 heteroatoms. The maximum absolute atomic E-state index is 13.6. The largest absolute Gasteiger partial charge is 0.490 e. The number of hydrogen-bond donors (Lipinski definition) is 2. The zero-order valence-electron chi connectivity index (χ0n) is 30.9. The van der Waals surface area contributed by atoms with Gasteiger partial charge in [0.2, 0.25) is 10.0 Å². The highest BCUT2D eigenvalue weighted by Crippen LogP contribution is 2.49. The highest BCUT2D eigenvalue weighted by molar-refractivity contribution is 7.90. The number of benzene rings is 2. The quantitative estimate of drug-likeness (QED) is 0.305. The number of methoxy groups -OCH3 is 1. The zero-order chi connectivity index (χ0) is 36.5. The van der Waals surface area contributed by atoms with E-state index in [0.717, 1.165) is 88.8 Å². The molecule has 0 radical (unpaired) electrons. The van der Waals surface area contributed by atoms with Gasteiger partial charge in [-0.1, -0.05) is 36.7 Å². The highest BCUT2D eigenvalue weighted by Gasteiger charge is 2.49. The molecule has 1 saturated heterocycles. The van der Waals surface area contributed by atoms with Gasteiger partial charge < -0.3 is 24.4 Å². The number of halogens is 1. The van der Waals surface area contributed by atoms with E-state index in [1.807, 2.05) is 32.2 Å². The normalized spacial score (nSPS) is 32.8. The van der Waals surface area contributed by atoms with Crippen LogP contribution in [0.4, 0.5) is 5.69 Å². The third kappa shape index (κ3) is 7.64. The predicted molar refractivity (Wildman–Crippen MR) is 205 cm³/mol. The molecule has 10 nitrogen and oxygen atoms in total. The molecule has 5 aliphatic rings. The fourth-order valence-electron chi connectivity index (χ4n) is 9.18. The van der Waals surface area contributed by atoms with Gasteiger partial charge in [-0.3, -0.25) is 9.69 Å². The Kier molecular flexibility index (Phi) is 11.3. The van der Waals surface area contributed by atoms with Gasteiger partial charge >= 0.3 is 0 Å². The van der Waals surface area contributed by atoms with E-state index in [4.69, 9.17) is 25.8 Å². The summed E-state index contributed by atoms with van der Waals surface area (Å²) in [5, 5.41) is 3.71. The van der Waals surface area contributed by atoms with Gasteiger partial charge in [0.15, 0.2) is 0 Å². The Labute approximate surface area is 314 Å². The number of aryl methyl sites for hydroxylation is 1. The van der Waals surface area contributed by atoms with E-state index in [2.05, 4.69) is 44.1 Å².